The summed E-state index contributed by atoms with van der Waals surface area (Å²) in [5.74, 6) is 0. The molecule has 1 aromatic carbocycles. The third kappa shape index (κ3) is 3.61. The third-order valence-electron chi connectivity index (χ3n) is 3.00. The lowest BCUT2D eigenvalue weighted by Gasteiger charge is -2.36. The Hall–Kier alpha value is 0.200. The number of halogens is 3. The highest BCUT2D eigenvalue weighted by Crippen LogP contribution is 2.27. The Morgan fingerprint density at radius 2 is 2.17 bits per heavy atom. The van der Waals surface area contributed by atoms with Crippen LogP contribution in [0.4, 0.5) is 0 Å². The molecule has 1 aromatic rings. The van der Waals surface area contributed by atoms with Crippen LogP contribution in [0.1, 0.15) is 12.5 Å². The molecule has 18 heavy (non-hydrogen) atoms. The molecule has 0 saturated carbocycles. The summed E-state index contributed by atoms with van der Waals surface area (Å²) in [7, 11) is 0. The SMILES string of the molecule is CC1CN(Cc2cccc(Cl)c2Cl)CC(CBr)O1. The van der Waals surface area contributed by atoms with E-state index in [-0.39, 0.29) is 12.2 Å². The number of ether oxygens (including phenoxy) is 1. The van der Waals surface area contributed by atoms with E-state index < -0.39 is 0 Å². The molecule has 1 aliphatic rings. The molecule has 1 fully saturated rings. The molecule has 5 heteroatoms. The third-order valence-corrected chi connectivity index (χ3v) is 4.58. The summed E-state index contributed by atoms with van der Waals surface area (Å²) in [6, 6.07) is 5.78. The molecule has 0 bridgehead atoms. The Morgan fingerprint density at radius 3 is 2.89 bits per heavy atom. The second-order valence-electron chi connectivity index (χ2n) is 4.63. The van der Waals surface area contributed by atoms with Gasteiger partial charge in [0.15, 0.2) is 0 Å². The van der Waals surface area contributed by atoms with Crippen LogP contribution in [0.3, 0.4) is 0 Å². The van der Waals surface area contributed by atoms with Crippen molar-refractivity contribution in [1.82, 2.24) is 4.90 Å². The smallest absolute Gasteiger partial charge is 0.0802 e. The summed E-state index contributed by atoms with van der Waals surface area (Å²) in [6.45, 7) is 4.75. The van der Waals surface area contributed by atoms with Crippen molar-refractivity contribution in [2.45, 2.75) is 25.7 Å². The fraction of sp³-hybridized carbons (Fsp3) is 0.538. The van der Waals surface area contributed by atoms with E-state index in [1.807, 2.05) is 18.2 Å². The number of nitrogens with zero attached hydrogens (tertiary/aromatic N) is 1. The van der Waals surface area contributed by atoms with Crippen LogP contribution in [-0.4, -0.2) is 35.5 Å². The monoisotopic (exact) mass is 351 g/mol. The van der Waals surface area contributed by atoms with Crippen molar-refractivity contribution < 1.29 is 4.74 Å². The summed E-state index contributed by atoms with van der Waals surface area (Å²) in [4.78, 5) is 2.36. The number of hydrogen-bond acceptors (Lipinski definition) is 2. The highest BCUT2D eigenvalue weighted by atomic mass is 79.9. The van der Waals surface area contributed by atoms with Crippen molar-refractivity contribution >= 4 is 39.1 Å². The zero-order valence-electron chi connectivity index (χ0n) is 10.2. The van der Waals surface area contributed by atoms with Crippen molar-refractivity contribution in [3.63, 3.8) is 0 Å². The molecular weight excluding hydrogens is 337 g/mol. The van der Waals surface area contributed by atoms with Crippen molar-refractivity contribution in [3.05, 3.63) is 33.8 Å². The maximum absolute atomic E-state index is 6.22. The molecule has 1 heterocycles. The molecule has 0 spiro atoms. The molecule has 0 N–H and O–H groups in total. The molecule has 0 aliphatic carbocycles. The van der Waals surface area contributed by atoms with Gasteiger partial charge >= 0.3 is 0 Å². The second-order valence-corrected chi connectivity index (χ2v) is 6.06. The van der Waals surface area contributed by atoms with E-state index >= 15 is 0 Å². The molecule has 2 nitrogen and oxygen atoms in total. The van der Waals surface area contributed by atoms with Crippen LogP contribution >= 0.6 is 39.1 Å². The van der Waals surface area contributed by atoms with E-state index in [0.29, 0.717) is 10.0 Å². The Bertz CT molecular complexity index is 416. The van der Waals surface area contributed by atoms with Gasteiger partial charge in [0.25, 0.3) is 0 Å². The van der Waals surface area contributed by atoms with Crippen LogP contribution in [0.2, 0.25) is 10.0 Å². The summed E-state index contributed by atoms with van der Waals surface area (Å²) >= 11 is 15.7. The fourth-order valence-corrected chi connectivity index (χ4v) is 3.00. The molecular formula is C13H16BrCl2NO. The minimum absolute atomic E-state index is 0.242. The van der Waals surface area contributed by atoms with Crippen LogP contribution in [-0.2, 0) is 11.3 Å². The number of morpholine rings is 1. The van der Waals surface area contributed by atoms with Crippen molar-refractivity contribution in [3.8, 4) is 0 Å². The minimum Gasteiger partial charge on any atom is -0.372 e. The molecule has 2 atom stereocenters. The normalized spacial score (nSPS) is 25.3. The first kappa shape index (κ1) is 14.6. The Morgan fingerprint density at radius 1 is 1.39 bits per heavy atom. The molecule has 100 valence electrons. The first-order valence-electron chi connectivity index (χ1n) is 5.96. The zero-order valence-corrected chi connectivity index (χ0v) is 13.3. The first-order valence-corrected chi connectivity index (χ1v) is 7.84. The van der Waals surface area contributed by atoms with Crippen molar-refractivity contribution in [2.75, 3.05) is 18.4 Å². The molecule has 0 radical (unpaired) electrons. The fourth-order valence-electron chi connectivity index (χ4n) is 2.27. The highest BCUT2D eigenvalue weighted by Gasteiger charge is 2.24. The van der Waals surface area contributed by atoms with E-state index in [0.717, 1.165) is 30.5 Å². The molecule has 0 amide bonds. The van der Waals surface area contributed by atoms with Crippen LogP contribution in [0.5, 0.6) is 0 Å². The number of rotatable bonds is 3. The van der Waals surface area contributed by atoms with Gasteiger partial charge in [0.1, 0.15) is 0 Å². The minimum atomic E-state index is 0.242. The topological polar surface area (TPSA) is 12.5 Å². The lowest BCUT2D eigenvalue weighted by atomic mass is 10.1. The molecule has 2 rings (SSSR count). The first-order chi connectivity index (χ1) is 8.60. The Kier molecular flexibility index (Phi) is 5.34. The van der Waals surface area contributed by atoms with Gasteiger partial charge in [-0.2, -0.15) is 0 Å². The van der Waals surface area contributed by atoms with Crippen LogP contribution in [0.25, 0.3) is 0 Å². The lowest BCUT2D eigenvalue weighted by molar-refractivity contribution is -0.0677. The van der Waals surface area contributed by atoms with Crippen molar-refractivity contribution in [1.29, 1.82) is 0 Å². The van der Waals surface area contributed by atoms with E-state index in [4.69, 9.17) is 27.9 Å². The number of alkyl halides is 1. The van der Waals surface area contributed by atoms with Gasteiger partial charge in [-0.25, -0.2) is 0 Å². The van der Waals surface area contributed by atoms with Gasteiger partial charge < -0.3 is 4.74 Å². The van der Waals surface area contributed by atoms with Gasteiger partial charge in [0.05, 0.1) is 22.3 Å². The van der Waals surface area contributed by atoms with Gasteiger partial charge in [-0.05, 0) is 18.6 Å². The average Bonchev–Trinajstić information content (AvgIpc) is 2.34. The summed E-state index contributed by atoms with van der Waals surface area (Å²) in [6.07, 6.45) is 0.492. The molecule has 1 aliphatic heterocycles. The van der Waals surface area contributed by atoms with Crippen molar-refractivity contribution in [2.24, 2.45) is 0 Å². The maximum Gasteiger partial charge on any atom is 0.0802 e. The Balaban J connectivity index is 2.06. The summed E-state index contributed by atoms with van der Waals surface area (Å²) in [5, 5.41) is 2.14. The average molecular weight is 353 g/mol. The molecule has 0 aromatic heterocycles. The predicted molar refractivity (Wildman–Crippen MR) is 79.9 cm³/mol. The predicted octanol–water partition coefficient (Wildman–Crippen LogP) is 3.98. The molecule has 2 unspecified atom stereocenters. The number of hydrogen-bond donors (Lipinski definition) is 0. The van der Waals surface area contributed by atoms with E-state index in [2.05, 4.69) is 27.8 Å². The lowest BCUT2D eigenvalue weighted by Crippen LogP contribution is -2.46. The summed E-state index contributed by atoms with van der Waals surface area (Å²) in [5.41, 5.74) is 1.08. The maximum atomic E-state index is 6.22. The summed E-state index contributed by atoms with van der Waals surface area (Å²) < 4.78 is 5.81. The highest BCUT2D eigenvalue weighted by molar-refractivity contribution is 9.09. The van der Waals surface area contributed by atoms with Gasteiger partial charge in [-0.1, -0.05) is 51.3 Å². The van der Waals surface area contributed by atoms with Gasteiger partial charge in [0.2, 0.25) is 0 Å². The van der Waals surface area contributed by atoms with E-state index in [1.54, 1.807) is 0 Å². The van der Waals surface area contributed by atoms with E-state index in [1.165, 1.54) is 0 Å². The van der Waals surface area contributed by atoms with E-state index in [9.17, 15) is 0 Å². The Labute approximate surface area is 126 Å². The quantitative estimate of drug-likeness (QED) is 0.763. The zero-order chi connectivity index (χ0) is 13.1. The molecule has 1 saturated heterocycles. The largest absolute Gasteiger partial charge is 0.372 e. The van der Waals surface area contributed by atoms with Gasteiger partial charge in [0, 0.05) is 25.0 Å². The van der Waals surface area contributed by atoms with Gasteiger partial charge in [-0.15, -0.1) is 0 Å². The van der Waals surface area contributed by atoms with Crippen LogP contribution in [0.15, 0.2) is 18.2 Å². The standard InChI is InChI=1S/C13H16BrCl2NO/c1-9-6-17(8-11(5-14)18-9)7-10-3-2-4-12(15)13(10)16/h2-4,9,11H,5-8H2,1H3. The number of benzene rings is 1. The van der Waals surface area contributed by atoms with Gasteiger partial charge in [-0.3, -0.25) is 4.90 Å². The van der Waals surface area contributed by atoms with Crippen LogP contribution < -0.4 is 0 Å². The van der Waals surface area contributed by atoms with Crippen LogP contribution in [0, 0.1) is 0 Å². The second kappa shape index (κ2) is 6.58.